The zero-order valence-corrected chi connectivity index (χ0v) is 17.4. The highest BCUT2D eigenvalue weighted by atomic mass is 16.6. The first-order chi connectivity index (χ1) is 14.7. The number of rotatable bonds is 4. The summed E-state index contributed by atoms with van der Waals surface area (Å²) in [6.07, 6.45) is 2.86. The third-order valence-corrected chi connectivity index (χ3v) is 5.23. The van der Waals surface area contributed by atoms with Crippen LogP contribution in [0.1, 0.15) is 25.0 Å². The number of methoxy groups -OCH3 is 1. The van der Waals surface area contributed by atoms with Crippen LogP contribution in [0, 0.1) is 0 Å². The summed E-state index contributed by atoms with van der Waals surface area (Å²) in [5, 5.41) is 10.4. The zero-order chi connectivity index (χ0) is 22.2. The van der Waals surface area contributed by atoms with Crippen LogP contribution in [0.2, 0.25) is 0 Å². The molecule has 3 aromatic rings. The smallest absolute Gasteiger partial charge is 0.336 e. The van der Waals surface area contributed by atoms with Gasteiger partial charge in [-0.05, 0) is 55.3 Å². The van der Waals surface area contributed by atoms with Crippen LogP contribution in [0.3, 0.4) is 0 Å². The first-order valence-electron chi connectivity index (χ1n) is 9.77. The molecule has 0 spiro atoms. The molecule has 0 bridgehead atoms. The molecule has 1 aliphatic rings. The molecule has 0 radical (unpaired) electrons. The Morgan fingerprint density at radius 2 is 2.00 bits per heavy atom. The van der Waals surface area contributed by atoms with Crippen molar-refractivity contribution >= 4 is 23.0 Å². The molecule has 0 amide bonds. The Balaban J connectivity index is 1.53. The lowest BCUT2D eigenvalue weighted by Gasteiger charge is -2.39. The van der Waals surface area contributed by atoms with Crippen LogP contribution in [-0.4, -0.2) is 29.9 Å². The van der Waals surface area contributed by atoms with Crippen molar-refractivity contribution in [3.05, 3.63) is 70.1 Å². The predicted octanol–water partition coefficient (Wildman–Crippen LogP) is 3.85. The minimum absolute atomic E-state index is 0.0220. The number of benzene rings is 2. The second-order valence-corrected chi connectivity index (χ2v) is 7.85. The fraction of sp³-hybridized carbons (Fsp3) is 0.250. The number of fused-ring (bicyclic) bond motifs is 2. The van der Waals surface area contributed by atoms with E-state index in [4.69, 9.17) is 18.6 Å². The second kappa shape index (κ2) is 7.83. The van der Waals surface area contributed by atoms with Gasteiger partial charge in [-0.2, -0.15) is 0 Å². The van der Waals surface area contributed by atoms with Crippen LogP contribution >= 0.6 is 0 Å². The van der Waals surface area contributed by atoms with Crippen LogP contribution in [0.5, 0.6) is 17.2 Å². The number of carbonyl (C=O) groups is 1. The summed E-state index contributed by atoms with van der Waals surface area (Å²) in [5.41, 5.74) is 0.799. The molecule has 0 saturated carbocycles. The summed E-state index contributed by atoms with van der Waals surface area (Å²) in [6, 6.07) is 11.4. The van der Waals surface area contributed by atoms with Gasteiger partial charge in [0, 0.05) is 30.0 Å². The quantitative estimate of drug-likeness (QED) is 0.388. The number of carbonyl (C=O) groups excluding carboxylic acids is 1. The Morgan fingerprint density at radius 1 is 1.19 bits per heavy atom. The highest BCUT2D eigenvalue weighted by Gasteiger charge is 2.39. The molecule has 0 saturated heterocycles. The Hall–Kier alpha value is -3.74. The summed E-state index contributed by atoms with van der Waals surface area (Å²) < 4.78 is 22.1. The van der Waals surface area contributed by atoms with Gasteiger partial charge in [0.05, 0.1) is 7.11 Å². The lowest BCUT2D eigenvalue weighted by molar-refractivity contribution is -0.155. The van der Waals surface area contributed by atoms with E-state index in [2.05, 4.69) is 0 Å². The van der Waals surface area contributed by atoms with Gasteiger partial charge < -0.3 is 23.7 Å². The maximum atomic E-state index is 12.5. The van der Waals surface area contributed by atoms with Crippen LogP contribution in [0.15, 0.2) is 57.8 Å². The minimum Gasteiger partial charge on any atom is -0.504 e. The normalized spacial score (nSPS) is 17.2. The summed E-state index contributed by atoms with van der Waals surface area (Å²) in [4.78, 5) is 23.9. The number of phenolic OH excluding ortho intramolecular Hbond substituents is 1. The molecular weight excluding hydrogens is 400 g/mol. The molecule has 0 aliphatic carbocycles. The lowest BCUT2D eigenvalue weighted by Crippen LogP contribution is -2.48. The number of phenols is 1. The minimum atomic E-state index is -0.777. The summed E-state index contributed by atoms with van der Waals surface area (Å²) in [6.45, 7) is 3.68. The predicted molar refractivity (Wildman–Crippen MR) is 114 cm³/mol. The van der Waals surface area contributed by atoms with Crippen molar-refractivity contribution in [1.82, 2.24) is 0 Å². The first-order valence-corrected chi connectivity index (χ1v) is 9.77. The highest BCUT2D eigenvalue weighted by Crippen LogP contribution is 2.37. The Bertz CT molecular complexity index is 1240. The van der Waals surface area contributed by atoms with Crippen molar-refractivity contribution in [1.29, 1.82) is 0 Å². The van der Waals surface area contributed by atoms with Gasteiger partial charge in [0.15, 0.2) is 11.5 Å². The number of hydrogen-bond acceptors (Lipinski definition) is 7. The van der Waals surface area contributed by atoms with Crippen molar-refractivity contribution in [3.63, 3.8) is 0 Å². The summed E-state index contributed by atoms with van der Waals surface area (Å²) in [7, 11) is 1.46. The molecular formula is C24H22O7. The topological polar surface area (TPSA) is 95.2 Å². The Labute approximate surface area is 178 Å². The number of ether oxygens (including phenoxy) is 3. The second-order valence-electron chi connectivity index (χ2n) is 7.85. The SMILES string of the molecule is COc1cc(/C=C/C(=O)O[C@H]2Cc3cc4ccc(=O)oc4cc3OC2(C)C)ccc1O. The monoisotopic (exact) mass is 422 g/mol. The first kappa shape index (κ1) is 20.5. The van der Waals surface area contributed by atoms with Gasteiger partial charge in [-0.15, -0.1) is 0 Å². The summed E-state index contributed by atoms with van der Waals surface area (Å²) >= 11 is 0. The van der Waals surface area contributed by atoms with Crippen molar-refractivity contribution in [2.45, 2.75) is 32.0 Å². The fourth-order valence-corrected chi connectivity index (χ4v) is 3.52. The molecule has 31 heavy (non-hydrogen) atoms. The molecule has 160 valence electrons. The average molecular weight is 422 g/mol. The van der Waals surface area contributed by atoms with E-state index in [-0.39, 0.29) is 5.75 Å². The molecule has 0 unspecified atom stereocenters. The van der Waals surface area contributed by atoms with E-state index in [1.165, 1.54) is 25.3 Å². The molecule has 1 atom stereocenters. The molecule has 2 heterocycles. The number of hydrogen-bond donors (Lipinski definition) is 1. The highest BCUT2D eigenvalue weighted by molar-refractivity contribution is 5.87. The van der Waals surface area contributed by atoms with Gasteiger partial charge in [-0.25, -0.2) is 9.59 Å². The van der Waals surface area contributed by atoms with Gasteiger partial charge in [-0.1, -0.05) is 6.07 Å². The largest absolute Gasteiger partial charge is 0.504 e. The third-order valence-electron chi connectivity index (χ3n) is 5.23. The molecule has 7 nitrogen and oxygen atoms in total. The van der Waals surface area contributed by atoms with E-state index in [0.717, 1.165) is 10.9 Å². The number of aromatic hydroxyl groups is 1. The van der Waals surface area contributed by atoms with E-state index in [1.54, 1.807) is 30.3 Å². The Kier molecular flexibility index (Phi) is 5.19. The van der Waals surface area contributed by atoms with E-state index in [0.29, 0.717) is 29.1 Å². The molecule has 2 aromatic carbocycles. The maximum absolute atomic E-state index is 12.5. The van der Waals surface area contributed by atoms with E-state index in [1.807, 2.05) is 19.9 Å². The van der Waals surface area contributed by atoms with E-state index < -0.39 is 23.3 Å². The number of esters is 1. The Morgan fingerprint density at radius 3 is 2.77 bits per heavy atom. The molecule has 1 aromatic heterocycles. The molecule has 1 N–H and O–H groups in total. The van der Waals surface area contributed by atoms with Gasteiger partial charge in [0.25, 0.3) is 0 Å². The van der Waals surface area contributed by atoms with Gasteiger partial charge in [0.1, 0.15) is 23.0 Å². The van der Waals surface area contributed by atoms with E-state index in [9.17, 15) is 14.7 Å². The van der Waals surface area contributed by atoms with Gasteiger partial charge in [0.2, 0.25) is 0 Å². The summed E-state index contributed by atoms with van der Waals surface area (Å²) in [5.74, 6) is 0.431. The molecule has 7 heteroatoms. The molecule has 1 aliphatic heterocycles. The van der Waals surface area contributed by atoms with Crippen LogP contribution in [-0.2, 0) is 16.0 Å². The lowest BCUT2D eigenvalue weighted by atomic mass is 9.90. The van der Waals surface area contributed by atoms with Crippen molar-refractivity contribution < 1.29 is 28.5 Å². The molecule has 0 fully saturated rings. The van der Waals surface area contributed by atoms with Gasteiger partial charge in [-0.3, -0.25) is 0 Å². The fourth-order valence-electron chi connectivity index (χ4n) is 3.52. The van der Waals surface area contributed by atoms with E-state index >= 15 is 0 Å². The average Bonchev–Trinajstić information content (AvgIpc) is 2.72. The van der Waals surface area contributed by atoms with Crippen LogP contribution < -0.4 is 15.1 Å². The molecule has 4 rings (SSSR count). The third kappa shape index (κ3) is 4.26. The van der Waals surface area contributed by atoms with Crippen LogP contribution in [0.4, 0.5) is 0 Å². The maximum Gasteiger partial charge on any atom is 0.336 e. The van der Waals surface area contributed by atoms with Crippen molar-refractivity contribution in [2.75, 3.05) is 7.11 Å². The van der Waals surface area contributed by atoms with Gasteiger partial charge >= 0.3 is 11.6 Å². The van der Waals surface area contributed by atoms with Crippen molar-refractivity contribution in [2.24, 2.45) is 0 Å². The van der Waals surface area contributed by atoms with Crippen molar-refractivity contribution in [3.8, 4) is 17.2 Å². The van der Waals surface area contributed by atoms with Crippen LogP contribution in [0.25, 0.3) is 17.0 Å². The standard InChI is InChI=1S/C24H22O7/c1-24(2)21(30-23(27)8-5-14-4-7-17(25)20(10-14)28-3)12-16-11-15-6-9-22(26)29-18(15)13-19(16)31-24/h4-11,13,21,25H,12H2,1-3H3/b8-5+/t21-/m0/s1. The zero-order valence-electron chi connectivity index (χ0n) is 17.4.